The van der Waals surface area contributed by atoms with Crippen LogP contribution in [0.15, 0.2) is 36.4 Å². The Bertz CT molecular complexity index is 453. The van der Waals surface area contributed by atoms with E-state index in [2.05, 4.69) is 4.85 Å². The van der Waals surface area contributed by atoms with Crippen molar-refractivity contribution >= 4 is 11.4 Å². The van der Waals surface area contributed by atoms with Crippen molar-refractivity contribution in [3.05, 3.63) is 53.4 Å². The van der Waals surface area contributed by atoms with Crippen LogP contribution in [0.2, 0.25) is 0 Å². The molecule has 0 unspecified atom stereocenters. The molecule has 0 amide bonds. The van der Waals surface area contributed by atoms with E-state index in [0.29, 0.717) is 0 Å². The van der Waals surface area contributed by atoms with Crippen LogP contribution in [0.3, 0.4) is 0 Å². The van der Waals surface area contributed by atoms with Crippen LogP contribution in [0.25, 0.3) is 10.4 Å². The van der Waals surface area contributed by atoms with Gasteiger partial charge >= 0.3 is 5.54 Å². The lowest BCUT2D eigenvalue weighted by Gasteiger charge is -2.00. The molecule has 68 valence electrons. The van der Waals surface area contributed by atoms with Gasteiger partial charge in [0.1, 0.15) is 0 Å². The number of carbonyl (C=O) groups excluding carboxylic acids is 1. The SMILES string of the molecule is [C-]#[N+][C@@]1(C(C)=O)C=C1c1ccccc1. The number of hydrogen-bond acceptors (Lipinski definition) is 1. The molecule has 2 rings (SSSR count). The summed E-state index contributed by atoms with van der Waals surface area (Å²) >= 11 is 0. The Kier molecular flexibility index (Phi) is 1.75. The van der Waals surface area contributed by atoms with Gasteiger partial charge in [-0.2, -0.15) is 0 Å². The maximum absolute atomic E-state index is 11.3. The third-order valence-electron chi connectivity index (χ3n) is 2.48. The zero-order valence-electron chi connectivity index (χ0n) is 7.82. The van der Waals surface area contributed by atoms with Crippen LogP contribution in [-0.2, 0) is 4.79 Å². The van der Waals surface area contributed by atoms with E-state index >= 15 is 0 Å². The summed E-state index contributed by atoms with van der Waals surface area (Å²) in [7, 11) is 0. The normalized spacial score (nSPS) is 23.6. The number of rotatable bonds is 2. The number of hydrogen-bond donors (Lipinski definition) is 0. The first kappa shape index (κ1) is 8.71. The number of Topliss-reactive ketones (excluding diaryl/α,β-unsaturated/α-hetero) is 1. The highest BCUT2D eigenvalue weighted by Gasteiger charge is 2.57. The summed E-state index contributed by atoms with van der Waals surface area (Å²) in [5, 5.41) is 0. The Labute approximate surface area is 82.7 Å². The van der Waals surface area contributed by atoms with Crippen LogP contribution in [-0.4, -0.2) is 11.3 Å². The first-order valence-corrected chi connectivity index (χ1v) is 4.39. The van der Waals surface area contributed by atoms with Crippen molar-refractivity contribution in [2.24, 2.45) is 0 Å². The van der Waals surface area contributed by atoms with Gasteiger partial charge in [0, 0.05) is 13.0 Å². The van der Waals surface area contributed by atoms with Gasteiger partial charge < -0.3 is 0 Å². The minimum absolute atomic E-state index is 0.0913. The van der Waals surface area contributed by atoms with E-state index in [1.807, 2.05) is 30.3 Å². The van der Waals surface area contributed by atoms with Crippen LogP contribution in [0.4, 0.5) is 0 Å². The molecule has 0 bridgehead atoms. The lowest BCUT2D eigenvalue weighted by molar-refractivity contribution is -0.117. The Morgan fingerprint density at radius 3 is 2.43 bits per heavy atom. The molecule has 0 aliphatic heterocycles. The fourth-order valence-corrected chi connectivity index (χ4v) is 1.56. The summed E-state index contributed by atoms with van der Waals surface area (Å²) < 4.78 is 0. The lowest BCUT2D eigenvalue weighted by atomic mass is 10.0. The van der Waals surface area contributed by atoms with E-state index in [9.17, 15) is 4.79 Å². The second-order valence-electron chi connectivity index (χ2n) is 3.36. The van der Waals surface area contributed by atoms with Gasteiger partial charge in [0.15, 0.2) is 0 Å². The average Bonchev–Trinajstić information content (AvgIpc) is 2.95. The number of benzene rings is 1. The first-order chi connectivity index (χ1) is 6.70. The van der Waals surface area contributed by atoms with Gasteiger partial charge in [-0.25, -0.2) is 6.57 Å². The van der Waals surface area contributed by atoms with Crippen LogP contribution in [0, 0.1) is 6.57 Å². The second-order valence-corrected chi connectivity index (χ2v) is 3.36. The Morgan fingerprint density at radius 2 is 2.00 bits per heavy atom. The minimum Gasteiger partial charge on any atom is -0.292 e. The van der Waals surface area contributed by atoms with E-state index in [4.69, 9.17) is 6.57 Å². The zero-order valence-corrected chi connectivity index (χ0v) is 7.82. The maximum atomic E-state index is 11.3. The molecule has 2 heteroatoms. The fourth-order valence-electron chi connectivity index (χ4n) is 1.56. The van der Waals surface area contributed by atoms with Gasteiger partial charge in [0.25, 0.3) is 0 Å². The van der Waals surface area contributed by atoms with E-state index < -0.39 is 5.54 Å². The van der Waals surface area contributed by atoms with E-state index in [-0.39, 0.29) is 5.78 Å². The molecule has 0 aromatic heterocycles. The number of ketones is 1. The molecule has 1 aromatic carbocycles. The molecule has 1 aromatic rings. The summed E-state index contributed by atoms with van der Waals surface area (Å²) in [4.78, 5) is 14.7. The molecule has 1 aliphatic rings. The molecular formula is C12H9NO. The molecule has 0 spiro atoms. The van der Waals surface area contributed by atoms with Gasteiger partial charge in [-0.05, 0) is 5.56 Å². The maximum Gasteiger partial charge on any atom is 0.334 e. The predicted molar refractivity (Wildman–Crippen MR) is 54.4 cm³/mol. The summed E-state index contributed by atoms with van der Waals surface area (Å²) in [6, 6.07) is 9.57. The van der Waals surface area contributed by atoms with Gasteiger partial charge in [0.05, 0.1) is 5.57 Å². The zero-order chi connectivity index (χ0) is 10.2. The van der Waals surface area contributed by atoms with Crippen LogP contribution < -0.4 is 0 Å². The third-order valence-corrected chi connectivity index (χ3v) is 2.48. The molecule has 1 aliphatic carbocycles. The molecule has 0 fully saturated rings. The van der Waals surface area contributed by atoms with Gasteiger partial charge in [-0.15, -0.1) is 0 Å². The molecule has 0 saturated carbocycles. The Balaban J connectivity index is 2.32. The highest BCUT2D eigenvalue weighted by molar-refractivity contribution is 6.15. The van der Waals surface area contributed by atoms with Crippen molar-refractivity contribution in [2.45, 2.75) is 12.5 Å². The number of nitrogens with zero attached hydrogens (tertiary/aromatic N) is 1. The standard InChI is InChI=1S/C12H9NO/c1-9(14)12(13-2)8-11(12)10-6-4-3-5-7-10/h3-8H,1H3/t12-/m1/s1. The van der Waals surface area contributed by atoms with Crippen molar-refractivity contribution < 1.29 is 4.79 Å². The van der Waals surface area contributed by atoms with E-state index in [1.165, 1.54) is 6.92 Å². The highest BCUT2D eigenvalue weighted by Crippen LogP contribution is 2.46. The summed E-state index contributed by atoms with van der Waals surface area (Å²) in [6.45, 7) is 8.49. The van der Waals surface area contributed by atoms with E-state index in [0.717, 1.165) is 11.1 Å². The van der Waals surface area contributed by atoms with E-state index in [1.54, 1.807) is 6.08 Å². The van der Waals surface area contributed by atoms with Crippen molar-refractivity contribution in [1.29, 1.82) is 0 Å². The van der Waals surface area contributed by atoms with Crippen LogP contribution in [0.1, 0.15) is 12.5 Å². The van der Waals surface area contributed by atoms with Gasteiger partial charge in [-0.1, -0.05) is 30.3 Å². The van der Waals surface area contributed by atoms with Crippen molar-refractivity contribution in [2.75, 3.05) is 0 Å². The molecular weight excluding hydrogens is 174 g/mol. The Morgan fingerprint density at radius 1 is 1.36 bits per heavy atom. The molecule has 0 heterocycles. The third kappa shape index (κ3) is 1.06. The Hall–Kier alpha value is -1.88. The molecule has 0 radical (unpaired) electrons. The van der Waals surface area contributed by atoms with Crippen LogP contribution in [0.5, 0.6) is 0 Å². The smallest absolute Gasteiger partial charge is 0.292 e. The van der Waals surface area contributed by atoms with Crippen molar-refractivity contribution in [3.8, 4) is 0 Å². The molecule has 2 nitrogen and oxygen atoms in total. The molecule has 14 heavy (non-hydrogen) atoms. The summed E-state index contributed by atoms with van der Waals surface area (Å²) in [5.74, 6) is -0.0913. The quantitative estimate of drug-likeness (QED) is 0.645. The lowest BCUT2D eigenvalue weighted by Crippen LogP contribution is -2.18. The summed E-state index contributed by atoms with van der Waals surface area (Å²) in [5.41, 5.74) is 0.876. The monoisotopic (exact) mass is 183 g/mol. The predicted octanol–water partition coefficient (Wildman–Crippen LogP) is 2.33. The summed E-state index contributed by atoms with van der Waals surface area (Å²) in [6.07, 6.45) is 1.73. The van der Waals surface area contributed by atoms with Gasteiger partial charge in [-0.3, -0.25) is 9.64 Å². The van der Waals surface area contributed by atoms with Gasteiger partial charge in [0.2, 0.25) is 5.78 Å². The van der Waals surface area contributed by atoms with Crippen LogP contribution >= 0.6 is 0 Å². The molecule has 1 atom stereocenters. The fraction of sp³-hybridized carbons (Fsp3) is 0.167. The second kappa shape index (κ2) is 2.81. The average molecular weight is 183 g/mol. The molecule has 0 N–H and O–H groups in total. The minimum atomic E-state index is -0.943. The topological polar surface area (TPSA) is 21.4 Å². The van der Waals surface area contributed by atoms with Crippen molar-refractivity contribution in [1.82, 2.24) is 0 Å². The first-order valence-electron chi connectivity index (χ1n) is 4.39. The van der Waals surface area contributed by atoms with Crippen molar-refractivity contribution in [3.63, 3.8) is 0 Å². The number of carbonyl (C=O) groups is 1. The molecule has 0 saturated heterocycles. The highest BCUT2D eigenvalue weighted by atomic mass is 16.1. The largest absolute Gasteiger partial charge is 0.334 e.